The maximum absolute atomic E-state index is 2.44. The number of benzene rings is 5. The van der Waals surface area contributed by atoms with E-state index in [9.17, 15) is 0 Å². The van der Waals surface area contributed by atoms with Gasteiger partial charge in [-0.3, -0.25) is 0 Å². The van der Waals surface area contributed by atoms with Gasteiger partial charge in [-0.2, -0.15) is 0 Å². The molecule has 0 fully saturated rings. The van der Waals surface area contributed by atoms with E-state index in [1.165, 1.54) is 118 Å². The van der Waals surface area contributed by atoms with Crippen molar-refractivity contribution in [3.8, 4) is 0 Å². The maximum atomic E-state index is 2.44. The standard InChI is InChI=1S/C38H46/c1-5-9-11-27(7-3)17-29-13-15-31-21-35-26-38-24-34-20-30(18-28(8-4)12-10-6-2)14-16-32(34)22-36(38)25-37(35)23-33(31)19-29/h13-16,19-28H,5-12,17-18H2,1-4H3. The normalized spacial score (nSPS) is 13.6. The molecule has 2 atom stereocenters. The highest BCUT2D eigenvalue weighted by Gasteiger charge is 2.10. The predicted octanol–water partition coefficient (Wildman–Crippen LogP) is 11.8. The van der Waals surface area contributed by atoms with Gasteiger partial charge in [-0.15, -0.1) is 0 Å². The lowest BCUT2D eigenvalue weighted by Gasteiger charge is -2.15. The van der Waals surface area contributed by atoms with E-state index in [0.717, 1.165) is 11.8 Å². The quantitative estimate of drug-likeness (QED) is 0.149. The largest absolute Gasteiger partial charge is 0.0654 e. The third-order valence-corrected chi connectivity index (χ3v) is 8.97. The molecule has 38 heavy (non-hydrogen) atoms. The number of unbranched alkanes of at least 4 members (excludes halogenated alkanes) is 2. The Morgan fingerprint density at radius 3 is 1.11 bits per heavy atom. The molecule has 0 radical (unpaired) electrons. The SMILES string of the molecule is CCCCC(CC)Cc1ccc2cc3cc4cc5cc(CC(CC)CCCC)ccc5cc4cc3cc2c1. The van der Waals surface area contributed by atoms with E-state index in [1.54, 1.807) is 0 Å². The third-order valence-electron chi connectivity index (χ3n) is 8.97. The molecule has 0 heterocycles. The average molecular weight is 503 g/mol. The summed E-state index contributed by atoms with van der Waals surface area (Å²) < 4.78 is 0. The molecule has 0 bridgehead atoms. The van der Waals surface area contributed by atoms with Crippen molar-refractivity contribution in [2.45, 2.75) is 91.9 Å². The van der Waals surface area contributed by atoms with Crippen LogP contribution < -0.4 is 0 Å². The van der Waals surface area contributed by atoms with E-state index in [4.69, 9.17) is 0 Å². The van der Waals surface area contributed by atoms with Crippen LogP contribution in [0.3, 0.4) is 0 Å². The molecule has 0 N–H and O–H groups in total. The molecule has 0 aliphatic carbocycles. The van der Waals surface area contributed by atoms with Gasteiger partial charge >= 0.3 is 0 Å². The molecule has 5 aromatic rings. The Balaban J connectivity index is 1.46. The van der Waals surface area contributed by atoms with Gasteiger partial charge in [-0.25, -0.2) is 0 Å². The Labute approximate surface area is 230 Å². The van der Waals surface area contributed by atoms with Gasteiger partial charge in [0.1, 0.15) is 0 Å². The van der Waals surface area contributed by atoms with Crippen molar-refractivity contribution in [1.29, 1.82) is 0 Å². The first kappa shape index (κ1) is 26.7. The molecule has 2 unspecified atom stereocenters. The van der Waals surface area contributed by atoms with Gasteiger partial charge in [-0.1, -0.05) is 115 Å². The summed E-state index contributed by atoms with van der Waals surface area (Å²) in [7, 11) is 0. The second-order valence-electron chi connectivity index (χ2n) is 11.9. The molecule has 0 spiro atoms. The number of hydrogen-bond donors (Lipinski definition) is 0. The lowest BCUT2D eigenvalue weighted by atomic mass is 9.90. The summed E-state index contributed by atoms with van der Waals surface area (Å²) in [6, 6.07) is 28.7. The molecule has 198 valence electrons. The lowest BCUT2D eigenvalue weighted by molar-refractivity contribution is 0.449. The minimum Gasteiger partial charge on any atom is -0.0654 e. The Bertz CT molecular complexity index is 1400. The van der Waals surface area contributed by atoms with Gasteiger partial charge in [0, 0.05) is 0 Å². The third kappa shape index (κ3) is 6.06. The van der Waals surface area contributed by atoms with Crippen molar-refractivity contribution in [3.05, 3.63) is 83.9 Å². The highest BCUT2D eigenvalue weighted by Crippen LogP contribution is 2.32. The fourth-order valence-corrected chi connectivity index (χ4v) is 6.41. The van der Waals surface area contributed by atoms with Gasteiger partial charge in [0.25, 0.3) is 0 Å². The average Bonchev–Trinajstić information content (AvgIpc) is 2.94. The van der Waals surface area contributed by atoms with E-state index in [0.29, 0.717) is 0 Å². The smallest absolute Gasteiger partial charge is 0.0171 e. The molecule has 0 saturated heterocycles. The predicted molar refractivity (Wildman–Crippen MR) is 170 cm³/mol. The van der Waals surface area contributed by atoms with Gasteiger partial charge in [0.05, 0.1) is 0 Å². The van der Waals surface area contributed by atoms with Crippen molar-refractivity contribution in [2.75, 3.05) is 0 Å². The summed E-state index contributed by atoms with van der Waals surface area (Å²) in [6.45, 7) is 9.30. The molecule has 0 nitrogen and oxygen atoms in total. The van der Waals surface area contributed by atoms with Crippen molar-refractivity contribution >= 4 is 43.1 Å². The van der Waals surface area contributed by atoms with Crippen molar-refractivity contribution in [3.63, 3.8) is 0 Å². The van der Waals surface area contributed by atoms with E-state index in [-0.39, 0.29) is 0 Å². The molecular weight excluding hydrogens is 456 g/mol. The van der Waals surface area contributed by atoms with E-state index in [1.807, 2.05) is 0 Å². The van der Waals surface area contributed by atoms with Crippen LogP contribution in [0.1, 0.15) is 90.2 Å². The van der Waals surface area contributed by atoms with Crippen LogP contribution in [-0.4, -0.2) is 0 Å². The summed E-state index contributed by atoms with van der Waals surface area (Å²) in [4.78, 5) is 0. The van der Waals surface area contributed by atoms with Crippen LogP contribution in [0.5, 0.6) is 0 Å². The van der Waals surface area contributed by atoms with Crippen LogP contribution >= 0.6 is 0 Å². The van der Waals surface area contributed by atoms with Crippen LogP contribution in [0.15, 0.2) is 72.8 Å². The van der Waals surface area contributed by atoms with E-state index in [2.05, 4.69) is 100 Å². The molecule has 0 heteroatoms. The summed E-state index contributed by atoms with van der Waals surface area (Å²) in [5.41, 5.74) is 2.98. The van der Waals surface area contributed by atoms with Gasteiger partial charge < -0.3 is 0 Å². The summed E-state index contributed by atoms with van der Waals surface area (Å²) in [5, 5.41) is 10.8. The highest BCUT2D eigenvalue weighted by molar-refractivity contribution is 6.08. The van der Waals surface area contributed by atoms with Crippen LogP contribution in [0.2, 0.25) is 0 Å². The Morgan fingerprint density at radius 2 is 0.763 bits per heavy atom. The van der Waals surface area contributed by atoms with Crippen LogP contribution in [0, 0.1) is 11.8 Å². The zero-order valence-corrected chi connectivity index (χ0v) is 24.2. The Kier molecular flexibility index (Phi) is 8.68. The summed E-state index contributed by atoms with van der Waals surface area (Å²) in [6.07, 6.45) is 12.9. The zero-order chi connectivity index (χ0) is 26.5. The summed E-state index contributed by atoms with van der Waals surface area (Å²) in [5.74, 6) is 1.60. The zero-order valence-electron chi connectivity index (χ0n) is 24.2. The lowest BCUT2D eigenvalue weighted by Crippen LogP contribution is -2.03. The molecule has 0 amide bonds. The van der Waals surface area contributed by atoms with Crippen molar-refractivity contribution in [2.24, 2.45) is 11.8 Å². The fraction of sp³-hybridized carbons (Fsp3) is 0.421. The number of fused-ring (bicyclic) bond motifs is 4. The molecule has 0 saturated carbocycles. The van der Waals surface area contributed by atoms with Crippen LogP contribution in [0.25, 0.3) is 43.1 Å². The molecule has 5 rings (SSSR count). The minimum atomic E-state index is 0.801. The van der Waals surface area contributed by atoms with Crippen LogP contribution in [-0.2, 0) is 12.8 Å². The Hall–Kier alpha value is -2.86. The molecule has 0 aliphatic heterocycles. The highest BCUT2D eigenvalue weighted by atomic mass is 14.2. The van der Waals surface area contributed by atoms with Gasteiger partial charge in [-0.05, 0) is 115 Å². The summed E-state index contributed by atoms with van der Waals surface area (Å²) >= 11 is 0. The van der Waals surface area contributed by atoms with E-state index < -0.39 is 0 Å². The molecule has 0 aromatic heterocycles. The first-order chi connectivity index (χ1) is 18.6. The van der Waals surface area contributed by atoms with Gasteiger partial charge in [0.15, 0.2) is 0 Å². The minimum absolute atomic E-state index is 0.801. The fourth-order valence-electron chi connectivity index (χ4n) is 6.41. The van der Waals surface area contributed by atoms with Crippen LogP contribution in [0.4, 0.5) is 0 Å². The van der Waals surface area contributed by atoms with E-state index >= 15 is 0 Å². The first-order valence-corrected chi connectivity index (χ1v) is 15.4. The second-order valence-corrected chi connectivity index (χ2v) is 11.9. The van der Waals surface area contributed by atoms with Crippen molar-refractivity contribution < 1.29 is 0 Å². The topological polar surface area (TPSA) is 0 Å². The number of rotatable bonds is 12. The second kappa shape index (κ2) is 12.3. The monoisotopic (exact) mass is 502 g/mol. The molecule has 0 aliphatic rings. The Morgan fingerprint density at radius 1 is 0.421 bits per heavy atom. The maximum Gasteiger partial charge on any atom is -0.0171 e. The molecular formula is C38H46. The first-order valence-electron chi connectivity index (χ1n) is 15.4. The van der Waals surface area contributed by atoms with Gasteiger partial charge in [0.2, 0.25) is 0 Å². The molecule has 5 aromatic carbocycles. The van der Waals surface area contributed by atoms with Crippen molar-refractivity contribution in [1.82, 2.24) is 0 Å². The number of hydrogen-bond acceptors (Lipinski definition) is 0.